The van der Waals surface area contributed by atoms with Crippen molar-refractivity contribution in [1.82, 2.24) is 0 Å². The Morgan fingerprint density at radius 1 is 1.27 bits per heavy atom. The van der Waals surface area contributed by atoms with Crippen molar-refractivity contribution in [2.24, 2.45) is 5.92 Å². The van der Waals surface area contributed by atoms with E-state index in [1.165, 1.54) is 21.6 Å². The zero-order valence-corrected chi connectivity index (χ0v) is 8.64. The maximum atomic E-state index is 12.2. The molecule has 0 fully saturated rings. The number of rotatable bonds is 5. The van der Waals surface area contributed by atoms with Crippen LogP contribution in [0.25, 0.3) is 0 Å². The van der Waals surface area contributed by atoms with E-state index in [1.807, 2.05) is 20.8 Å². The van der Waals surface area contributed by atoms with E-state index in [-0.39, 0.29) is 5.92 Å². The highest BCUT2D eigenvalue weighted by Crippen LogP contribution is 2.34. The van der Waals surface area contributed by atoms with Gasteiger partial charge in [-0.05, 0) is 5.92 Å². The SMILES string of the molecule is CCSS[C@@H](C(C)C)C(F)F. The van der Waals surface area contributed by atoms with Gasteiger partial charge in [0, 0.05) is 5.75 Å². The maximum Gasteiger partial charge on any atom is 0.251 e. The van der Waals surface area contributed by atoms with Crippen LogP contribution in [0, 0.1) is 5.92 Å². The van der Waals surface area contributed by atoms with Crippen molar-refractivity contribution in [3.8, 4) is 0 Å². The fraction of sp³-hybridized carbons (Fsp3) is 1.00. The maximum absolute atomic E-state index is 12.2. The van der Waals surface area contributed by atoms with Crippen molar-refractivity contribution >= 4 is 21.6 Å². The molecule has 0 aliphatic carbocycles. The van der Waals surface area contributed by atoms with Gasteiger partial charge in [0.2, 0.25) is 0 Å². The molecule has 0 nitrogen and oxygen atoms in total. The van der Waals surface area contributed by atoms with Crippen molar-refractivity contribution in [1.29, 1.82) is 0 Å². The van der Waals surface area contributed by atoms with Crippen LogP contribution in [0.15, 0.2) is 0 Å². The van der Waals surface area contributed by atoms with Crippen molar-refractivity contribution in [3.63, 3.8) is 0 Å². The Labute approximate surface area is 74.9 Å². The zero-order chi connectivity index (χ0) is 8.85. The lowest BCUT2D eigenvalue weighted by Crippen LogP contribution is -2.19. The molecule has 68 valence electrons. The van der Waals surface area contributed by atoms with Gasteiger partial charge in [-0.3, -0.25) is 0 Å². The molecule has 0 aromatic rings. The fourth-order valence-electron chi connectivity index (χ4n) is 0.591. The van der Waals surface area contributed by atoms with Crippen LogP contribution < -0.4 is 0 Å². The Kier molecular flexibility index (Phi) is 6.43. The van der Waals surface area contributed by atoms with Gasteiger partial charge in [-0.1, -0.05) is 42.4 Å². The van der Waals surface area contributed by atoms with E-state index in [9.17, 15) is 8.78 Å². The summed E-state index contributed by atoms with van der Waals surface area (Å²) in [7, 11) is 2.81. The van der Waals surface area contributed by atoms with E-state index >= 15 is 0 Å². The molecule has 0 aromatic carbocycles. The summed E-state index contributed by atoms with van der Waals surface area (Å²) in [4.78, 5) is 0. The summed E-state index contributed by atoms with van der Waals surface area (Å²) >= 11 is 0. The summed E-state index contributed by atoms with van der Waals surface area (Å²) in [6.45, 7) is 5.64. The molecular weight excluding hydrogens is 186 g/mol. The lowest BCUT2D eigenvalue weighted by Gasteiger charge is -2.17. The van der Waals surface area contributed by atoms with Gasteiger partial charge < -0.3 is 0 Å². The molecule has 0 spiro atoms. The minimum Gasteiger partial charge on any atom is -0.209 e. The van der Waals surface area contributed by atoms with E-state index in [0.29, 0.717) is 0 Å². The van der Waals surface area contributed by atoms with Gasteiger partial charge in [-0.15, -0.1) is 0 Å². The molecule has 0 amide bonds. The van der Waals surface area contributed by atoms with E-state index in [4.69, 9.17) is 0 Å². The fourth-order valence-corrected chi connectivity index (χ4v) is 2.99. The van der Waals surface area contributed by atoms with Crippen LogP contribution in [0.5, 0.6) is 0 Å². The summed E-state index contributed by atoms with van der Waals surface area (Å²) in [6.07, 6.45) is -2.20. The van der Waals surface area contributed by atoms with E-state index in [1.54, 1.807) is 0 Å². The monoisotopic (exact) mass is 200 g/mol. The third kappa shape index (κ3) is 4.90. The topological polar surface area (TPSA) is 0 Å². The molecule has 4 heteroatoms. The van der Waals surface area contributed by atoms with E-state index in [0.717, 1.165) is 5.75 Å². The number of hydrogen-bond donors (Lipinski definition) is 0. The molecule has 0 radical (unpaired) electrons. The summed E-state index contributed by atoms with van der Waals surface area (Å²) in [5.74, 6) is 0.944. The molecule has 1 atom stereocenters. The second-order valence-electron chi connectivity index (χ2n) is 2.55. The third-order valence-electron chi connectivity index (χ3n) is 1.20. The number of alkyl halides is 2. The van der Waals surface area contributed by atoms with Crippen LogP contribution in [0.1, 0.15) is 20.8 Å². The van der Waals surface area contributed by atoms with Gasteiger partial charge in [-0.2, -0.15) is 0 Å². The first-order valence-electron chi connectivity index (χ1n) is 3.66. The molecule has 0 saturated heterocycles. The largest absolute Gasteiger partial charge is 0.251 e. The van der Waals surface area contributed by atoms with Crippen LogP contribution in [0.4, 0.5) is 8.78 Å². The predicted molar refractivity (Wildman–Crippen MR) is 50.4 cm³/mol. The molecule has 0 saturated carbocycles. The second-order valence-corrected chi connectivity index (χ2v) is 5.38. The molecule has 0 heterocycles. The van der Waals surface area contributed by atoms with Gasteiger partial charge >= 0.3 is 0 Å². The second kappa shape index (κ2) is 6.12. The van der Waals surface area contributed by atoms with Crippen molar-refractivity contribution in [3.05, 3.63) is 0 Å². The molecule has 0 aromatic heterocycles. The van der Waals surface area contributed by atoms with E-state index in [2.05, 4.69) is 0 Å². The lowest BCUT2D eigenvalue weighted by molar-refractivity contribution is 0.130. The van der Waals surface area contributed by atoms with Crippen LogP contribution in [0.2, 0.25) is 0 Å². The Morgan fingerprint density at radius 2 is 1.82 bits per heavy atom. The Balaban J connectivity index is 3.70. The smallest absolute Gasteiger partial charge is 0.209 e. The Hall–Kier alpha value is 0.560. The van der Waals surface area contributed by atoms with Crippen LogP contribution in [-0.2, 0) is 0 Å². The normalized spacial score (nSPS) is 14.5. The third-order valence-corrected chi connectivity index (χ3v) is 4.33. The highest BCUT2D eigenvalue weighted by molar-refractivity contribution is 8.76. The van der Waals surface area contributed by atoms with E-state index < -0.39 is 11.7 Å². The Bertz CT molecular complexity index is 88.4. The molecule has 0 bridgehead atoms. The Morgan fingerprint density at radius 3 is 2.09 bits per heavy atom. The predicted octanol–water partition coefficient (Wildman–Crippen LogP) is 3.68. The van der Waals surface area contributed by atoms with Crippen molar-refractivity contribution in [2.45, 2.75) is 32.4 Å². The average Bonchev–Trinajstić information content (AvgIpc) is 1.87. The van der Waals surface area contributed by atoms with Gasteiger partial charge in [0.25, 0.3) is 6.43 Å². The number of halogens is 2. The molecule has 0 rings (SSSR count). The molecule has 0 unspecified atom stereocenters. The minimum absolute atomic E-state index is 0.0547. The van der Waals surface area contributed by atoms with Gasteiger partial charge in [0.15, 0.2) is 0 Å². The van der Waals surface area contributed by atoms with Crippen LogP contribution in [0.3, 0.4) is 0 Å². The molecule has 0 aliphatic heterocycles. The number of hydrogen-bond acceptors (Lipinski definition) is 2. The minimum atomic E-state index is -2.20. The highest BCUT2D eigenvalue weighted by atomic mass is 33.1. The van der Waals surface area contributed by atoms with Crippen LogP contribution in [-0.4, -0.2) is 17.4 Å². The molecule has 0 aliphatic rings. The summed E-state index contributed by atoms with van der Waals surface area (Å²) in [5.41, 5.74) is 0. The summed E-state index contributed by atoms with van der Waals surface area (Å²) in [6, 6.07) is 0. The first kappa shape index (κ1) is 11.6. The van der Waals surface area contributed by atoms with Gasteiger partial charge in [0.1, 0.15) is 0 Å². The molecule has 0 N–H and O–H groups in total. The zero-order valence-electron chi connectivity index (χ0n) is 7.01. The summed E-state index contributed by atoms with van der Waals surface area (Å²) in [5, 5.41) is -0.514. The summed E-state index contributed by atoms with van der Waals surface area (Å²) < 4.78 is 24.5. The molecular formula is C7H14F2S2. The quantitative estimate of drug-likeness (QED) is 0.621. The highest BCUT2D eigenvalue weighted by Gasteiger charge is 2.24. The first-order valence-corrected chi connectivity index (χ1v) is 6.04. The van der Waals surface area contributed by atoms with Crippen LogP contribution >= 0.6 is 21.6 Å². The standard InChI is InChI=1S/C7H14F2S2/c1-4-10-11-6(5(2)3)7(8)9/h5-7H,4H2,1-3H3/t6-/m0/s1. The lowest BCUT2D eigenvalue weighted by atomic mass is 10.1. The van der Waals surface area contributed by atoms with Crippen molar-refractivity contribution in [2.75, 3.05) is 5.75 Å². The van der Waals surface area contributed by atoms with Gasteiger partial charge in [-0.25, -0.2) is 8.78 Å². The average molecular weight is 200 g/mol. The first-order chi connectivity index (χ1) is 5.09. The van der Waals surface area contributed by atoms with Gasteiger partial charge in [0.05, 0.1) is 5.25 Å². The van der Waals surface area contributed by atoms with Crippen molar-refractivity contribution < 1.29 is 8.78 Å². The molecule has 11 heavy (non-hydrogen) atoms.